The minimum absolute atomic E-state index is 0.0483. The van der Waals surface area contributed by atoms with E-state index in [-0.39, 0.29) is 24.6 Å². The third kappa shape index (κ3) is 5.51. The van der Waals surface area contributed by atoms with Crippen LogP contribution < -0.4 is 5.32 Å². The van der Waals surface area contributed by atoms with Gasteiger partial charge in [-0.05, 0) is 32.3 Å². The first kappa shape index (κ1) is 15.2. The lowest BCUT2D eigenvalue weighted by Gasteiger charge is -2.10. The number of amides is 1. The predicted molar refractivity (Wildman–Crippen MR) is 72.2 cm³/mol. The van der Waals surface area contributed by atoms with Crippen LogP contribution in [0.3, 0.4) is 0 Å². The van der Waals surface area contributed by atoms with E-state index in [4.69, 9.17) is 5.11 Å². The van der Waals surface area contributed by atoms with E-state index in [0.717, 1.165) is 0 Å². The molecule has 0 unspecified atom stereocenters. The molecule has 0 aliphatic rings. The molecule has 0 saturated carbocycles. The number of nitrogens with one attached hydrogen (secondary N) is 1. The van der Waals surface area contributed by atoms with Gasteiger partial charge in [0.2, 0.25) is 5.91 Å². The molecule has 102 valence electrons. The molecule has 1 aromatic carbocycles. The second-order valence-corrected chi connectivity index (χ2v) is 4.26. The zero-order chi connectivity index (χ0) is 14.3. The van der Waals surface area contributed by atoms with Crippen molar-refractivity contribution in [2.45, 2.75) is 6.42 Å². The maximum Gasteiger partial charge on any atom is 0.238 e. The van der Waals surface area contributed by atoms with Crippen molar-refractivity contribution in [1.82, 2.24) is 4.90 Å². The fraction of sp³-hybridized carbons (Fsp3) is 0.357. The molecule has 0 saturated heterocycles. The van der Waals surface area contributed by atoms with Crippen LogP contribution in [0.4, 0.5) is 10.1 Å². The quantitative estimate of drug-likeness (QED) is 0.800. The first-order chi connectivity index (χ1) is 9.02. The summed E-state index contributed by atoms with van der Waals surface area (Å²) in [5.41, 5.74) is 0.649. The second-order valence-electron chi connectivity index (χ2n) is 4.26. The van der Waals surface area contributed by atoms with Gasteiger partial charge in [-0.3, -0.25) is 4.79 Å². The van der Waals surface area contributed by atoms with Crippen molar-refractivity contribution in [3.8, 4) is 11.8 Å². The summed E-state index contributed by atoms with van der Waals surface area (Å²) in [5.74, 6) is 4.57. The number of halogens is 1. The standard InChI is InChI=1S/C14H17FN2O2/c1-17(2)10-14(19)16-12-7-6-11(13(15)9-12)5-3-4-8-18/h6-7,9,18H,4,8,10H2,1-2H3,(H,16,19). The molecule has 19 heavy (non-hydrogen) atoms. The normalized spacial score (nSPS) is 9.95. The average molecular weight is 264 g/mol. The Labute approximate surface area is 112 Å². The Morgan fingerprint density at radius 3 is 2.79 bits per heavy atom. The van der Waals surface area contributed by atoms with E-state index >= 15 is 0 Å². The molecule has 0 bridgehead atoms. The SMILES string of the molecule is CN(C)CC(=O)Nc1ccc(C#CCCO)c(F)c1. The Hall–Kier alpha value is -1.90. The molecule has 5 heteroatoms. The van der Waals surface area contributed by atoms with E-state index in [1.807, 2.05) is 0 Å². The summed E-state index contributed by atoms with van der Waals surface area (Å²) in [6.07, 6.45) is 0.306. The van der Waals surface area contributed by atoms with Gasteiger partial charge < -0.3 is 15.3 Å². The molecular formula is C14H17FN2O2. The molecule has 0 radical (unpaired) electrons. The minimum atomic E-state index is -0.493. The zero-order valence-electron chi connectivity index (χ0n) is 11.0. The maximum atomic E-state index is 13.7. The van der Waals surface area contributed by atoms with Gasteiger partial charge in [-0.25, -0.2) is 4.39 Å². The van der Waals surface area contributed by atoms with Gasteiger partial charge in [0.25, 0.3) is 0 Å². The number of nitrogens with zero attached hydrogens (tertiary/aromatic N) is 1. The van der Waals surface area contributed by atoms with Crippen LogP contribution in [0.5, 0.6) is 0 Å². The van der Waals surface area contributed by atoms with Gasteiger partial charge in [0, 0.05) is 12.1 Å². The van der Waals surface area contributed by atoms with Crippen LogP contribution in [-0.2, 0) is 4.79 Å². The highest BCUT2D eigenvalue weighted by Gasteiger charge is 2.06. The van der Waals surface area contributed by atoms with Gasteiger partial charge >= 0.3 is 0 Å². The van der Waals surface area contributed by atoms with Crippen LogP contribution in [0.25, 0.3) is 0 Å². The van der Waals surface area contributed by atoms with Crippen LogP contribution in [-0.4, -0.2) is 43.2 Å². The van der Waals surface area contributed by atoms with E-state index in [1.54, 1.807) is 25.1 Å². The van der Waals surface area contributed by atoms with Gasteiger partial charge in [-0.2, -0.15) is 0 Å². The third-order valence-corrected chi connectivity index (χ3v) is 2.17. The fourth-order valence-corrected chi connectivity index (χ4v) is 1.40. The predicted octanol–water partition coefficient (Wildman–Crippen LogP) is 1.06. The minimum Gasteiger partial charge on any atom is -0.395 e. The number of benzene rings is 1. The highest BCUT2D eigenvalue weighted by molar-refractivity contribution is 5.92. The van der Waals surface area contributed by atoms with E-state index in [2.05, 4.69) is 17.2 Å². The van der Waals surface area contributed by atoms with E-state index in [1.165, 1.54) is 12.1 Å². The number of aliphatic hydroxyl groups excluding tert-OH is 1. The number of carbonyl (C=O) groups is 1. The Kier molecular flexibility index (Phi) is 6.00. The zero-order valence-corrected chi connectivity index (χ0v) is 11.0. The van der Waals surface area contributed by atoms with Crippen LogP contribution in [0.15, 0.2) is 18.2 Å². The fourth-order valence-electron chi connectivity index (χ4n) is 1.40. The first-order valence-corrected chi connectivity index (χ1v) is 5.87. The number of hydrogen-bond donors (Lipinski definition) is 2. The monoisotopic (exact) mass is 264 g/mol. The van der Waals surface area contributed by atoms with Gasteiger partial charge in [-0.15, -0.1) is 0 Å². The van der Waals surface area contributed by atoms with Gasteiger partial charge in [-0.1, -0.05) is 11.8 Å². The molecule has 0 heterocycles. The molecule has 0 aromatic heterocycles. The molecule has 0 spiro atoms. The smallest absolute Gasteiger partial charge is 0.238 e. The number of carbonyl (C=O) groups excluding carboxylic acids is 1. The average Bonchev–Trinajstić information content (AvgIpc) is 2.31. The van der Waals surface area contributed by atoms with Crippen LogP contribution >= 0.6 is 0 Å². The van der Waals surface area contributed by atoms with E-state index in [9.17, 15) is 9.18 Å². The van der Waals surface area contributed by atoms with Crippen molar-refractivity contribution < 1.29 is 14.3 Å². The number of likely N-dealkylation sites (N-methyl/N-ethyl adjacent to an activating group) is 1. The largest absolute Gasteiger partial charge is 0.395 e. The Morgan fingerprint density at radius 1 is 1.47 bits per heavy atom. The summed E-state index contributed by atoms with van der Waals surface area (Å²) < 4.78 is 13.7. The number of hydrogen-bond acceptors (Lipinski definition) is 3. The van der Waals surface area contributed by atoms with Crippen LogP contribution in [0.2, 0.25) is 0 Å². The van der Waals surface area contributed by atoms with Crippen molar-refractivity contribution in [3.63, 3.8) is 0 Å². The van der Waals surface area contributed by atoms with E-state index in [0.29, 0.717) is 12.1 Å². The molecule has 0 aliphatic carbocycles. The van der Waals surface area contributed by atoms with Crippen molar-refractivity contribution >= 4 is 11.6 Å². The van der Waals surface area contributed by atoms with Crippen molar-refractivity contribution in [1.29, 1.82) is 0 Å². The number of anilines is 1. The van der Waals surface area contributed by atoms with Gasteiger partial charge in [0.05, 0.1) is 18.7 Å². The van der Waals surface area contributed by atoms with Crippen LogP contribution in [0, 0.1) is 17.7 Å². The molecule has 0 fully saturated rings. The van der Waals surface area contributed by atoms with Crippen molar-refractivity contribution in [2.24, 2.45) is 0 Å². The highest BCUT2D eigenvalue weighted by atomic mass is 19.1. The molecule has 0 aliphatic heterocycles. The lowest BCUT2D eigenvalue weighted by molar-refractivity contribution is -0.116. The summed E-state index contributed by atoms with van der Waals surface area (Å²) >= 11 is 0. The second kappa shape index (κ2) is 7.52. The first-order valence-electron chi connectivity index (χ1n) is 5.87. The summed E-state index contributed by atoms with van der Waals surface area (Å²) in [6, 6.07) is 4.33. The summed E-state index contributed by atoms with van der Waals surface area (Å²) in [4.78, 5) is 13.2. The van der Waals surface area contributed by atoms with Gasteiger partial charge in [0.15, 0.2) is 0 Å². The van der Waals surface area contributed by atoms with Gasteiger partial charge in [0.1, 0.15) is 5.82 Å². The molecule has 2 N–H and O–H groups in total. The lowest BCUT2D eigenvalue weighted by Crippen LogP contribution is -2.27. The van der Waals surface area contributed by atoms with Crippen molar-refractivity contribution in [2.75, 3.05) is 32.6 Å². The Balaban J connectivity index is 2.72. The molecule has 1 amide bonds. The number of rotatable bonds is 4. The molecule has 0 atom stereocenters. The molecular weight excluding hydrogens is 247 g/mol. The van der Waals surface area contributed by atoms with Crippen LogP contribution in [0.1, 0.15) is 12.0 Å². The topological polar surface area (TPSA) is 52.6 Å². The number of aliphatic hydroxyl groups is 1. The van der Waals surface area contributed by atoms with Crippen molar-refractivity contribution in [3.05, 3.63) is 29.6 Å². The Bertz CT molecular complexity index is 504. The third-order valence-electron chi connectivity index (χ3n) is 2.17. The van der Waals surface area contributed by atoms with E-state index < -0.39 is 5.82 Å². The maximum absolute atomic E-state index is 13.7. The molecule has 1 rings (SSSR count). The lowest BCUT2D eigenvalue weighted by atomic mass is 10.2. The summed E-state index contributed by atoms with van der Waals surface area (Å²) in [7, 11) is 3.56. The highest BCUT2D eigenvalue weighted by Crippen LogP contribution is 2.13. The summed E-state index contributed by atoms with van der Waals surface area (Å²) in [6.45, 7) is 0.187. The summed E-state index contributed by atoms with van der Waals surface area (Å²) in [5, 5.41) is 11.2. The Morgan fingerprint density at radius 2 is 2.21 bits per heavy atom. The molecule has 4 nitrogen and oxygen atoms in total. The molecule has 1 aromatic rings.